The SMILES string of the molecule is CC(C)CN(c1ccc(OCC(=O)NS(=O)(=O)N(C)C)cc1NC(=O)Nc1ccccc1F)C1CCCCC1. The molecule has 3 amide bonds. The van der Waals surface area contributed by atoms with Gasteiger partial charge in [0.05, 0.1) is 17.1 Å². The second-order valence-corrected chi connectivity index (χ2v) is 12.1. The standard InChI is InChI=1S/C27H38FN5O5S/c1-19(2)17-33(20-10-6-5-7-11-20)25-15-14-21(38-18-26(34)31-39(36,37)32(3)4)16-24(25)30-27(35)29-23-13-9-8-12-22(23)28/h8-9,12-16,19-20H,5-7,10-11,17-18H2,1-4H3,(H,31,34)(H2,29,30,35). The molecule has 10 nitrogen and oxygen atoms in total. The van der Waals surface area contributed by atoms with Crippen LogP contribution in [0.15, 0.2) is 42.5 Å². The number of nitrogens with zero attached hydrogens (tertiary/aromatic N) is 2. The van der Waals surface area contributed by atoms with Crippen LogP contribution < -0.4 is 25.0 Å². The number of urea groups is 1. The summed E-state index contributed by atoms with van der Waals surface area (Å²) in [5.74, 6) is -0.800. The molecule has 0 bridgehead atoms. The monoisotopic (exact) mass is 563 g/mol. The van der Waals surface area contributed by atoms with Crippen molar-refractivity contribution in [1.29, 1.82) is 0 Å². The van der Waals surface area contributed by atoms with Gasteiger partial charge < -0.3 is 20.3 Å². The predicted octanol–water partition coefficient (Wildman–Crippen LogP) is 4.57. The number of hydrogen-bond donors (Lipinski definition) is 3. The summed E-state index contributed by atoms with van der Waals surface area (Å²) in [6.45, 7) is 4.47. The van der Waals surface area contributed by atoms with Crippen molar-refractivity contribution >= 4 is 39.2 Å². The minimum Gasteiger partial charge on any atom is -0.484 e. The molecule has 2 aromatic carbocycles. The van der Waals surface area contributed by atoms with Crippen molar-refractivity contribution in [3.05, 3.63) is 48.3 Å². The largest absolute Gasteiger partial charge is 0.484 e. The number of nitrogens with one attached hydrogen (secondary N) is 3. The average molecular weight is 564 g/mol. The van der Waals surface area contributed by atoms with E-state index in [2.05, 4.69) is 29.4 Å². The molecule has 39 heavy (non-hydrogen) atoms. The van der Waals surface area contributed by atoms with Gasteiger partial charge in [-0.3, -0.25) is 4.79 Å². The Morgan fingerprint density at radius 1 is 1.03 bits per heavy atom. The lowest BCUT2D eigenvalue weighted by molar-refractivity contribution is -0.121. The van der Waals surface area contributed by atoms with E-state index in [4.69, 9.17) is 4.74 Å². The average Bonchev–Trinajstić information content (AvgIpc) is 2.88. The molecule has 0 atom stereocenters. The van der Waals surface area contributed by atoms with Gasteiger partial charge in [-0.25, -0.2) is 13.9 Å². The Labute approximate surface area is 230 Å². The molecule has 0 aliphatic heterocycles. The fourth-order valence-electron chi connectivity index (χ4n) is 4.44. The molecule has 0 spiro atoms. The number of carbonyl (C=O) groups excluding carboxylic acids is 2. The van der Waals surface area contributed by atoms with Crippen LogP contribution >= 0.6 is 0 Å². The zero-order valence-corrected chi connectivity index (χ0v) is 23.7. The molecular weight excluding hydrogens is 525 g/mol. The highest BCUT2D eigenvalue weighted by Gasteiger charge is 2.25. The van der Waals surface area contributed by atoms with Crippen molar-refractivity contribution in [2.45, 2.75) is 52.0 Å². The van der Waals surface area contributed by atoms with Crippen molar-refractivity contribution in [1.82, 2.24) is 9.03 Å². The number of rotatable bonds is 11. The van der Waals surface area contributed by atoms with Gasteiger partial charge in [0.2, 0.25) is 0 Å². The van der Waals surface area contributed by atoms with Crippen LogP contribution in [0.2, 0.25) is 0 Å². The highest BCUT2D eigenvalue weighted by molar-refractivity contribution is 7.87. The first kappa shape index (κ1) is 30.2. The summed E-state index contributed by atoms with van der Waals surface area (Å²) in [6, 6.07) is 10.6. The predicted molar refractivity (Wildman–Crippen MR) is 151 cm³/mol. The number of amides is 3. The van der Waals surface area contributed by atoms with Crippen molar-refractivity contribution in [2.75, 3.05) is 42.8 Å². The maximum absolute atomic E-state index is 14.1. The highest BCUT2D eigenvalue weighted by atomic mass is 32.2. The summed E-state index contributed by atoms with van der Waals surface area (Å²) in [7, 11) is -1.35. The number of benzene rings is 2. The summed E-state index contributed by atoms with van der Waals surface area (Å²) in [5, 5.41) is 5.35. The summed E-state index contributed by atoms with van der Waals surface area (Å²) in [4.78, 5) is 27.4. The van der Waals surface area contributed by atoms with Crippen LogP contribution in [-0.2, 0) is 15.0 Å². The molecule has 12 heteroatoms. The molecule has 2 aromatic rings. The van der Waals surface area contributed by atoms with E-state index in [9.17, 15) is 22.4 Å². The van der Waals surface area contributed by atoms with Gasteiger partial charge in [-0.2, -0.15) is 12.7 Å². The molecule has 1 aliphatic rings. The van der Waals surface area contributed by atoms with Crippen molar-refractivity contribution in [3.8, 4) is 5.75 Å². The zero-order valence-electron chi connectivity index (χ0n) is 22.9. The molecule has 1 fully saturated rings. The van der Waals surface area contributed by atoms with E-state index in [1.54, 1.807) is 18.2 Å². The van der Waals surface area contributed by atoms with Gasteiger partial charge in [0.15, 0.2) is 6.61 Å². The third-order valence-corrected chi connectivity index (χ3v) is 7.77. The Morgan fingerprint density at radius 3 is 2.33 bits per heavy atom. The van der Waals surface area contributed by atoms with Crippen molar-refractivity contribution < 1.29 is 27.1 Å². The lowest BCUT2D eigenvalue weighted by Crippen LogP contribution is -2.41. The highest BCUT2D eigenvalue weighted by Crippen LogP contribution is 2.36. The zero-order chi connectivity index (χ0) is 28.6. The molecule has 0 aromatic heterocycles. The van der Waals surface area contributed by atoms with E-state index in [0.29, 0.717) is 17.6 Å². The molecule has 0 radical (unpaired) electrons. The molecule has 1 saturated carbocycles. The van der Waals surface area contributed by atoms with E-state index in [0.717, 1.165) is 42.2 Å². The third kappa shape index (κ3) is 8.82. The fraction of sp³-hybridized carbons (Fsp3) is 0.481. The van der Waals surface area contributed by atoms with Crippen LogP contribution in [0.3, 0.4) is 0 Å². The first-order valence-electron chi connectivity index (χ1n) is 13.1. The molecule has 0 unspecified atom stereocenters. The number of carbonyl (C=O) groups is 2. The van der Waals surface area contributed by atoms with Crippen LogP contribution in [0.1, 0.15) is 46.0 Å². The first-order valence-corrected chi connectivity index (χ1v) is 14.5. The van der Waals surface area contributed by atoms with Crippen LogP contribution in [0, 0.1) is 11.7 Å². The molecular formula is C27H38FN5O5S. The third-order valence-electron chi connectivity index (χ3n) is 6.32. The fourth-order valence-corrected chi connectivity index (χ4v) is 4.97. The van der Waals surface area contributed by atoms with Gasteiger partial charge in [0.25, 0.3) is 5.91 Å². The second kappa shape index (κ2) is 13.6. The van der Waals surface area contributed by atoms with E-state index in [-0.39, 0.29) is 11.4 Å². The van der Waals surface area contributed by atoms with E-state index in [1.807, 2.05) is 10.8 Å². The summed E-state index contributed by atoms with van der Waals surface area (Å²) in [5.41, 5.74) is 1.24. The Morgan fingerprint density at radius 2 is 1.69 bits per heavy atom. The maximum Gasteiger partial charge on any atom is 0.323 e. The van der Waals surface area contributed by atoms with E-state index in [1.165, 1.54) is 38.7 Å². The smallest absolute Gasteiger partial charge is 0.323 e. The Bertz CT molecular complexity index is 1250. The summed E-state index contributed by atoms with van der Waals surface area (Å²) >= 11 is 0. The number of para-hydroxylation sites is 1. The molecule has 1 aliphatic carbocycles. The second-order valence-electron chi connectivity index (χ2n) is 10.2. The van der Waals surface area contributed by atoms with Gasteiger partial charge >= 0.3 is 16.2 Å². The van der Waals surface area contributed by atoms with Gasteiger partial charge in [-0.1, -0.05) is 45.2 Å². The van der Waals surface area contributed by atoms with Crippen molar-refractivity contribution in [3.63, 3.8) is 0 Å². The number of halogens is 1. The minimum atomic E-state index is -3.95. The quantitative estimate of drug-likeness (QED) is 0.369. The van der Waals surface area contributed by atoms with Gasteiger partial charge in [-0.05, 0) is 43.0 Å². The normalized spacial score (nSPS) is 14.2. The molecule has 0 saturated heterocycles. The van der Waals surface area contributed by atoms with Gasteiger partial charge in [-0.15, -0.1) is 0 Å². The molecule has 3 N–H and O–H groups in total. The molecule has 3 rings (SSSR count). The summed E-state index contributed by atoms with van der Waals surface area (Å²) < 4.78 is 46.3. The topological polar surface area (TPSA) is 120 Å². The number of ether oxygens (including phenoxy) is 1. The van der Waals surface area contributed by atoms with Crippen LogP contribution in [0.5, 0.6) is 5.75 Å². The maximum atomic E-state index is 14.1. The number of anilines is 3. The Balaban J connectivity index is 1.87. The lowest BCUT2D eigenvalue weighted by Gasteiger charge is -2.38. The van der Waals surface area contributed by atoms with Gasteiger partial charge in [0, 0.05) is 32.7 Å². The van der Waals surface area contributed by atoms with Crippen LogP contribution in [0.25, 0.3) is 0 Å². The van der Waals surface area contributed by atoms with Crippen LogP contribution in [-0.4, -0.2) is 58.0 Å². The van der Waals surface area contributed by atoms with Crippen molar-refractivity contribution in [2.24, 2.45) is 5.92 Å². The molecule has 0 heterocycles. The Kier molecular flexibility index (Phi) is 10.5. The van der Waals surface area contributed by atoms with E-state index < -0.39 is 34.6 Å². The van der Waals surface area contributed by atoms with Crippen LogP contribution in [0.4, 0.5) is 26.2 Å². The summed E-state index contributed by atoms with van der Waals surface area (Å²) in [6.07, 6.45) is 5.52. The number of hydrogen-bond acceptors (Lipinski definition) is 6. The minimum absolute atomic E-state index is 0.0362. The Hall–Kier alpha value is -3.38. The van der Waals surface area contributed by atoms with E-state index >= 15 is 0 Å². The first-order chi connectivity index (χ1) is 18.5. The molecule has 214 valence electrons. The van der Waals surface area contributed by atoms with Gasteiger partial charge in [0.1, 0.15) is 11.6 Å². The lowest BCUT2D eigenvalue weighted by atomic mass is 9.93.